The summed E-state index contributed by atoms with van der Waals surface area (Å²) in [5, 5.41) is 19.3. The van der Waals surface area contributed by atoms with Crippen molar-refractivity contribution in [1.82, 2.24) is 4.90 Å². The van der Waals surface area contributed by atoms with Crippen molar-refractivity contribution in [2.24, 2.45) is 5.73 Å². The zero-order chi connectivity index (χ0) is 22.5. The molecule has 162 valence electrons. The summed E-state index contributed by atoms with van der Waals surface area (Å²) in [6.45, 7) is 2.28. The number of nitrogens with zero attached hydrogens (tertiary/aromatic N) is 1. The highest BCUT2D eigenvalue weighted by molar-refractivity contribution is 7.17. The fourth-order valence-corrected chi connectivity index (χ4v) is 4.14. The first-order valence-corrected chi connectivity index (χ1v) is 9.31. The van der Waals surface area contributed by atoms with Crippen LogP contribution in [0.5, 0.6) is 0 Å². The molecule has 3 rings (SSSR count). The molecule has 30 heavy (non-hydrogen) atoms. The summed E-state index contributed by atoms with van der Waals surface area (Å²) in [5.41, 5.74) is 7.36. The van der Waals surface area contributed by atoms with Gasteiger partial charge in [0.05, 0.1) is 5.56 Å². The number of carbonyl (C=O) groups is 3. The minimum absolute atomic E-state index is 0.183. The molecule has 2 amide bonds. The van der Waals surface area contributed by atoms with Crippen molar-refractivity contribution in [2.75, 3.05) is 11.9 Å². The van der Waals surface area contributed by atoms with Gasteiger partial charge in [-0.2, -0.15) is 13.2 Å². The number of alkyl halides is 3. The van der Waals surface area contributed by atoms with Crippen molar-refractivity contribution in [2.45, 2.75) is 25.7 Å². The lowest BCUT2D eigenvalue weighted by Gasteiger charge is -2.26. The molecule has 0 radical (unpaired) electrons. The molecule has 2 heterocycles. The monoisotopic (exact) mass is 445 g/mol. The van der Waals surface area contributed by atoms with Crippen LogP contribution >= 0.6 is 11.3 Å². The second kappa shape index (κ2) is 9.59. The van der Waals surface area contributed by atoms with Gasteiger partial charge in [-0.1, -0.05) is 30.3 Å². The Labute approximate surface area is 172 Å². The lowest BCUT2D eigenvalue weighted by molar-refractivity contribution is -0.192. The SMILES string of the molecule is NC(=O)Nc1sc2c(c1C(=O)O)CCN(Cc1ccccc1)C2.O=C(O)C(F)(F)F. The number of hydrogen-bond acceptors (Lipinski definition) is 5. The van der Waals surface area contributed by atoms with Crippen molar-refractivity contribution in [1.29, 1.82) is 0 Å². The Morgan fingerprint density at radius 2 is 1.77 bits per heavy atom. The van der Waals surface area contributed by atoms with E-state index in [4.69, 9.17) is 15.6 Å². The highest BCUT2D eigenvalue weighted by atomic mass is 32.1. The first-order valence-electron chi connectivity index (χ1n) is 8.49. The predicted molar refractivity (Wildman–Crippen MR) is 102 cm³/mol. The molecule has 5 N–H and O–H groups in total. The molecule has 0 aliphatic carbocycles. The Morgan fingerprint density at radius 3 is 2.27 bits per heavy atom. The van der Waals surface area contributed by atoms with Gasteiger partial charge in [-0.15, -0.1) is 11.3 Å². The van der Waals surface area contributed by atoms with Gasteiger partial charge in [0.1, 0.15) is 5.00 Å². The van der Waals surface area contributed by atoms with Crippen LogP contribution < -0.4 is 11.1 Å². The molecule has 2 aromatic rings. The van der Waals surface area contributed by atoms with Crippen molar-refractivity contribution < 1.29 is 37.8 Å². The third kappa shape index (κ3) is 6.19. The zero-order valence-electron chi connectivity index (χ0n) is 15.4. The van der Waals surface area contributed by atoms with Crippen LogP contribution in [0.3, 0.4) is 0 Å². The van der Waals surface area contributed by atoms with Crippen LogP contribution in [-0.2, 0) is 24.3 Å². The molecule has 0 spiro atoms. The van der Waals surface area contributed by atoms with Gasteiger partial charge >= 0.3 is 24.1 Å². The number of nitrogens with one attached hydrogen (secondary N) is 1. The third-order valence-corrected chi connectivity index (χ3v) is 5.21. The zero-order valence-corrected chi connectivity index (χ0v) is 16.2. The maximum Gasteiger partial charge on any atom is 0.490 e. The molecule has 0 bridgehead atoms. The number of anilines is 1. The fraction of sp³-hybridized carbons (Fsp3) is 0.278. The molecule has 1 aliphatic heterocycles. The van der Waals surface area contributed by atoms with E-state index < -0.39 is 24.1 Å². The van der Waals surface area contributed by atoms with Crippen molar-refractivity contribution in [3.8, 4) is 0 Å². The molecule has 12 heteroatoms. The Balaban J connectivity index is 0.000000396. The molecule has 1 aromatic heterocycles. The van der Waals surface area contributed by atoms with Gasteiger partial charge in [0, 0.05) is 24.5 Å². The van der Waals surface area contributed by atoms with Crippen LogP contribution in [0.1, 0.15) is 26.4 Å². The molecule has 0 atom stereocenters. The number of thiophene rings is 1. The van der Waals surface area contributed by atoms with Crippen LogP contribution in [0.25, 0.3) is 0 Å². The smallest absolute Gasteiger partial charge is 0.478 e. The van der Waals surface area contributed by atoms with Crippen LogP contribution in [0.2, 0.25) is 0 Å². The minimum atomic E-state index is -5.08. The van der Waals surface area contributed by atoms with E-state index >= 15 is 0 Å². The number of hydrogen-bond donors (Lipinski definition) is 4. The number of fused-ring (bicyclic) bond motifs is 1. The normalized spacial score (nSPS) is 13.6. The number of carbonyl (C=O) groups excluding carboxylic acids is 1. The summed E-state index contributed by atoms with van der Waals surface area (Å²) in [4.78, 5) is 34.7. The lowest BCUT2D eigenvalue weighted by Crippen LogP contribution is -2.29. The molecule has 0 unspecified atom stereocenters. The number of rotatable bonds is 4. The van der Waals surface area contributed by atoms with Crippen LogP contribution in [0.15, 0.2) is 30.3 Å². The number of primary amides is 1. The summed E-state index contributed by atoms with van der Waals surface area (Å²) in [5.74, 6) is -3.78. The molecular weight excluding hydrogens is 427 g/mol. The van der Waals surface area contributed by atoms with E-state index in [0.29, 0.717) is 18.0 Å². The van der Waals surface area contributed by atoms with Gasteiger partial charge < -0.3 is 15.9 Å². The Hall–Kier alpha value is -3.12. The largest absolute Gasteiger partial charge is 0.490 e. The van der Waals surface area contributed by atoms with Gasteiger partial charge in [0.2, 0.25) is 0 Å². The third-order valence-electron chi connectivity index (χ3n) is 4.08. The molecule has 0 saturated heterocycles. The number of aliphatic carboxylic acids is 1. The summed E-state index contributed by atoms with van der Waals surface area (Å²) >= 11 is 1.30. The molecule has 1 aliphatic rings. The number of benzene rings is 1. The summed E-state index contributed by atoms with van der Waals surface area (Å²) in [6.07, 6.45) is -4.43. The van der Waals surface area contributed by atoms with Crippen molar-refractivity contribution >= 4 is 34.3 Å². The van der Waals surface area contributed by atoms with Crippen LogP contribution in [-0.4, -0.2) is 45.8 Å². The topological polar surface area (TPSA) is 133 Å². The Kier molecular flexibility index (Phi) is 7.40. The standard InChI is InChI=1S/C16H17N3O3S.C2HF3O2/c17-16(22)18-14-13(15(20)21)11-6-7-19(9-12(11)23-14)8-10-4-2-1-3-5-10;3-2(4,5)1(6)7/h1-5H,6-9H2,(H,20,21)(H3,17,18,22);(H,6,7). The Morgan fingerprint density at radius 1 is 1.17 bits per heavy atom. The second-order valence-electron chi connectivity index (χ2n) is 6.25. The van der Waals surface area contributed by atoms with Crippen molar-refractivity contribution in [3.63, 3.8) is 0 Å². The van der Waals surface area contributed by atoms with Gasteiger partial charge in [0.15, 0.2) is 0 Å². The molecule has 0 saturated carbocycles. The lowest BCUT2D eigenvalue weighted by atomic mass is 10.0. The van der Waals surface area contributed by atoms with Crippen molar-refractivity contribution in [3.05, 3.63) is 51.9 Å². The molecular formula is C18H18F3N3O5S. The number of halogens is 3. The van der Waals surface area contributed by atoms with Gasteiger partial charge in [-0.25, -0.2) is 14.4 Å². The molecule has 8 nitrogen and oxygen atoms in total. The van der Waals surface area contributed by atoms with E-state index in [9.17, 15) is 27.9 Å². The maximum absolute atomic E-state index is 11.5. The Bertz CT molecular complexity index is 931. The average molecular weight is 445 g/mol. The van der Waals surface area contributed by atoms with E-state index in [0.717, 1.165) is 23.5 Å². The quantitative estimate of drug-likeness (QED) is 0.572. The number of carboxylic acids is 2. The number of carboxylic acid groups (broad SMARTS) is 2. The van der Waals surface area contributed by atoms with E-state index in [-0.39, 0.29) is 5.56 Å². The van der Waals surface area contributed by atoms with Gasteiger partial charge in [0.25, 0.3) is 0 Å². The number of nitrogens with two attached hydrogens (primary N) is 1. The summed E-state index contributed by atoms with van der Waals surface area (Å²) in [7, 11) is 0. The van der Waals surface area contributed by atoms with E-state index in [1.807, 2.05) is 18.2 Å². The first-order chi connectivity index (χ1) is 14.0. The minimum Gasteiger partial charge on any atom is -0.478 e. The molecule has 0 fully saturated rings. The molecule has 1 aromatic carbocycles. The van der Waals surface area contributed by atoms with Gasteiger partial charge in [-0.05, 0) is 17.5 Å². The summed E-state index contributed by atoms with van der Waals surface area (Å²) < 4.78 is 31.7. The number of amides is 2. The first kappa shape index (κ1) is 23.2. The van der Waals surface area contributed by atoms with E-state index in [2.05, 4.69) is 22.3 Å². The summed E-state index contributed by atoms with van der Waals surface area (Å²) in [6, 6.07) is 9.41. The predicted octanol–water partition coefficient (Wildman–Crippen LogP) is 3.13. The van der Waals surface area contributed by atoms with Crippen LogP contribution in [0, 0.1) is 0 Å². The maximum atomic E-state index is 11.5. The fourth-order valence-electron chi connectivity index (χ4n) is 2.86. The second-order valence-corrected chi connectivity index (χ2v) is 7.36. The highest BCUT2D eigenvalue weighted by Gasteiger charge is 2.38. The van der Waals surface area contributed by atoms with E-state index in [1.54, 1.807) is 0 Å². The highest BCUT2D eigenvalue weighted by Crippen LogP contribution is 2.37. The average Bonchev–Trinajstić information content (AvgIpc) is 2.98. The number of urea groups is 1. The van der Waals surface area contributed by atoms with Crippen LogP contribution in [0.4, 0.5) is 23.0 Å². The van der Waals surface area contributed by atoms with Gasteiger partial charge in [-0.3, -0.25) is 10.2 Å². The van der Waals surface area contributed by atoms with E-state index in [1.165, 1.54) is 16.9 Å². The number of aromatic carboxylic acids is 1.